The predicted molar refractivity (Wildman–Crippen MR) is 88.7 cm³/mol. The molecule has 1 aliphatic heterocycles. The number of hydrogen-bond donors (Lipinski definition) is 0. The number of hydrogen-bond acceptors (Lipinski definition) is 3. The molecule has 1 aliphatic rings. The zero-order chi connectivity index (χ0) is 15.7. The second-order valence-corrected chi connectivity index (χ2v) is 6.27. The number of rotatable bonds is 4. The van der Waals surface area contributed by atoms with Crippen molar-refractivity contribution in [1.82, 2.24) is 9.55 Å². The molecule has 4 nitrogen and oxygen atoms in total. The molecule has 2 atom stereocenters. The number of fused-ring (bicyclic) bond motifs is 1. The van der Waals surface area contributed by atoms with Crippen molar-refractivity contribution in [3.63, 3.8) is 0 Å². The largest absolute Gasteiger partial charge is 0.337 e. The van der Waals surface area contributed by atoms with E-state index in [1.165, 1.54) is 16.3 Å². The molecule has 1 saturated heterocycles. The van der Waals surface area contributed by atoms with E-state index in [1.807, 2.05) is 12.5 Å². The first-order valence-corrected chi connectivity index (χ1v) is 8.05. The summed E-state index contributed by atoms with van der Waals surface area (Å²) in [5.41, 5.74) is 0.796. The lowest BCUT2D eigenvalue weighted by Gasteiger charge is -2.28. The molecule has 3 aromatic rings. The van der Waals surface area contributed by atoms with Crippen LogP contribution in [-0.4, -0.2) is 15.7 Å². The summed E-state index contributed by atoms with van der Waals surface area (Å²) in [6, 6.07) is 14.9. The van der Waals surface area contributed by atoms with Gasteiger partial charge in [-0.1, -0.05) is 42.5 Å². The number of nitrogens with zero attached hydrogens (tertiary/aromatic N) is 2. The summed E-state index contributed by atoms with van der Waals surface area (Å²) in [6.45, 7) is 2.91. The smallest absolute Gasteiger partial charge is 0.133 e. The molecule has 1 fully saturated rings. The molecular weight excluding hydrogens is 288 g/mol. The van der Waals surface area contributed by atoms with Crippen molar-refractivity contribution in [1.29, 1.82) is 0 Å². The van der Waals surface area contributed by atoms with Gasteiger partial charge in [-0.25, -0.2) is 14.8 Å². The van der Waals surface area contributed by atoms with Gasteiger partial charge in [0.25, 0.3) is 0 Å². The molecule has 0 spiro atoms. The first kappa shape index (κ1) is 14.4. The molecule has 4 rings (SSSR count). The molecule has 0 aliphatic carbocycles. The quantitative estimate of drug-likeness (QED) is 0.682. The van der Waals surface area contributed by atoms with E-state index in [2.05, 4.69) is 58.9 Å². The highest BCUT2D eigenvalue weighted by Gasteiger charge is 2.43. The van der Waals surface area contributed by atoms with Gasteiger partial charge in [0, 0.05) is 31.8 Å². The lowest BCUT2D eigenvalue weighted by molar-refractivity contribution is -0.329. The maximum Gasteiger partial charge on any atom is 0.133 e. The highest BCUT2D eigenvalue weighted by atomic mass is 17.2. The summed E-state index contributed by atoms with van der Waals surface area (Å²) in [7, 11) is 0. The number of aryl methyl sites for hydroxylation is 1. The van der Waals surface area contributed by atoms with E-state index >= 15 is 0 Å². The first-order valence-electron chi connectivity index (χ1n) is 8.05. The third kappa shape index (κ3) is 2.64. The average Bonchev–Trinajstić information content (AvgIpc) is 3.23. The molecular formula is C19H20N2O2. The Hall–Kier alpha value is -2.17. The minimum absolute atomic E-state index is 0.0942. The van der Waals surface area contributed by atoms with Gasteiger partial charge < -0.3 is 4.57 Å². The van der Waals surface area contributed by atoms with Crippen molar-refractivity contribution >= 4 is 10.8 Å². The van der Waals surface area contributed by atoms with Crippen molar-refractivity contribution in [3.8, 4) is 0 Å². The van der Waals surface area contributed by atoms with Gasteiger partial charge in [-0.3, -0.25) is 0 Å². The van der Waals surface area contributed by atoms with Crippen LogP contribution in [0.15, 0.2) is 61.2 Å². The van der Waals surface area contributed by atoms with Gasteiger partial charge in [-0.2, -0.15) is 0 Å². The van der Waals surface area contributed by atoms with Crippen LogP contribution in [0.25, 0.3) is 10.8 Å². The van der Waals surface area contributed by atoms with Gasteiger partial charge in [0.05, 0.1) is 12.4 Å². The Morgan fingerprint density at radius 3 is 2.87 bits per heavy atom. The minimum atomic E-state index is -0.412. The average molecular weight is 308 g/mol. The summed E-state index contributed by atoms with van der Waals surface area (Å²) in [6.07, 6.45) is 7.43. The van der Waals surface area contributed by atoms with Crippen LogP contribution in [0, 0.1) is 0 Å². The standard InChI is InChI=1S/C19H20N2O2/c1-15-13-19(23-22-15,9-11-21-12-10-20-14-21)18-8-4-6-16-5-2-3-7-17(16)18/h2-8,10,12,14-15H,9,11,13H2,1H3. The van der Waals surface area contributed by atoms with Crippen molar-refractivity contribution < 1.29 is 9.78 Å². The van der Waals surface area contributed by atoms with Gasteiger partial charge in [0.2, 0.25) is 0 Å². The molecule has 2 unspecified atom stereocenters. The summed E-state index contributed by atoms with van der Waals surface area (Å²) in [4.78, 5) is 15.5. The lowest BCUT2D eigenvalue weighted by Crippen LogP contribution is -2.27. The van der Waals surface area contributed by atoms with Crippen molar-refractivity contribution in [3.05, 3.63) is 66.7 Å². The third-order valence-electron chi connectivity index (χ3n) is 4.60. The maximum absolute atomic E-state index is 5.91. The zero-order valence-electron chi connectivity index (χ0n) is 13.2. The molecule has 23 heavy (non-hydrogen) atoms. The number of benzene rings is 2. The van der Waals surface area contributed by atoms with E-state index < -0.39 is 5.60 Å². The molecule has 1 aromatic heterocycles. The molecule has 0 bridgehead atoms. The summed E-state index contributed by atoms with van der Waals surface area (Å²) in [5, 5.41) is 2.47. The van der Waals surface area contributed by atoms with E-state index in [4.69, 9.17) is 9.78 Å². The van der Waals surface area contributed by atoms with Crippen LogP contribution in [0.2, 0.25) is 0 Å². The Kier molecular flexibility index (Phi) is 3.63. The fourth-order valence-corrected chi connectivity index (χ4v) is 3.49. The van der Waals surface area contributed by atoms with Gasteiger partial charge in [0.1, 0.15) is 5.60 Å². The highest BCUT2D eigenvalue weighted by Crippen LogP contribution is 2.43. The number of imidazole rings is 1. The normalized spacial score (nSPS) is 24.3. The molecule has 0 radical (unpaired) electrons. The Morgan fingerprint density at radius 1 is 1.22 bits per heavy atom. The Morgan fingerprint density at radius 2 is 2.09 bits per heavy atom. The van der Waals surface area contributed by atoms with Crippen LogP contribution in [0.5, 0.6) is 0 Å². The van der Waals surface area contributed by atoms with Crippen molar-refractivity contribution in [2.24, 2.45) is 0 Å². The van der Waals surface area contributed by atoms with Crippen LogP contribution in [0.3, 0.4) is 0 Å². The molecule has 118 valence electrons. The highest BCUT2D eigenvalue weighted by molar-refractivity contribution is 5.86. The Labute approximate surface area is 135 Å². The number of aromatic nitrogens is 2. The fraction of sp³-hybridized carbons (Fsp3) is 0.316. The SMILES string of the molecule is CC1CC(CCn2ccnc2)(c2cccc3ccccc23)OO1. The van der Waals surface area contributed by atoms with Crippen LogP contribution < -0.4 is 0 Å². The predicted octanol–water partition coefficient (Wildman–Crippen LogP) is 4.06. The van der Waals surface area contributed by atoms with Crippen molar-refractivity contribution in [2.75, 3.05) is 0 Å². The van der Waals surface area contributed by atoms with E-state index in [-0.39, 0.29) is 6.10 Å². The van der Waals surface area contributed by atoms with Crippen LogP contribution in [-0.2, 0) is 21.9 Å². The Bertz CT molecular complexity index is 795. The fourth-order valence-electron chi connectivity index (χ4n) is 3.49. The van der Waals surface area contributed by atoms with Gasteiger partial charge >= 0.3 is 0 Å². The van der Waals surface area contributed by atoms with Gasteiger partial charge in [-0.15, -0.1) is 0 Å². The van der Waals surface area contributed by atoms with Gasteiger partial charge in [0.15, 0.2) is 0 Å². The molecule has 0 saturated carbocycles. The zero-order valence-corrected chi connectivity index (χ0v) is 13.2. The summed E-state index contributed by atoms with van der Waals surface area (Å²) >= 11 is 0. The summed E-state index contributed by atoms with van der Waals surface area (Å²) in [5.74, 6) is 0. The van der Waals surface area contributed by atoms with Crippen LogP contribution in [0.1, 0.15) is 25.3 Å². The minimum Gasteiger partial charge on any atom is -0.337 e. The summed E-state index contributed by atoms with van der Waals surface area (Å²) < 4.78 is 2.08. The Balaban J connectivity index is 1.75. The lowest BCUT2D eigenvalue weighted by atomic mass is 9.83. The van der Waals surface area contributed by atoms with E-state index in [0.717, 1.165) is 19.4 Å². The van der Waals surface area contributed by atoms with Gasteiger partial charge in [-0.05, 0) is 23.3 Å². The van der Waals surface area contributed by atoms with E-state index in [9.17, 15) is 0 Å². The first-order chi connectivity index (χ1) is 11.3. The van der Waals surface area contributed by atoms with E-state index in [0.29, 0.717) is 0 Å². The second-order valence-electron chi connectivity index (χ2n) is 6.27. The molecule has 4 heteroatoms. The van der Waals surface area contributed by atoms with Crippen molar-refractivity contribution in [2.45, 2.75) is 38.0 Å². The maximum atomic E-state index is 5.91. The topological polar surface area (TPSA) is 36.3 Å². The molecule has 0 amide bonds. The molecule has 2 aromatic carbocycles. The molecule has 0 N–H and O–H groups in total. The van der Waals surface area contributed by atoms with E-state index in [1.54, 1.807) is 6.20 Å². The third-order valence-corrected chi connectivity index (χ3v) is 4.60. The molecule has 2 heterocycles. The van der Waals surface area contributed by atoms with Crippen LogP contribution >= 0.6 is 0 Å². The van der Waals surface area contributed by atoms with Crippen LogP contribution in [0.4, 0.5) is 0 Å². The monoisotopic (exact) mass is 308 g/mol. The second kappa shape index (κ2) is 5.80.